The molecule has 0 fully saturated rings. The van der Waals surface area contributed by atoms with Gasteiger partial charge in [0.2, 0.25) is 0 Å². The van der Waals surface area contributed by atoms with Gasteiger partial charge in [0.15, 0.2) is 0 Å². The Morgan fingerprint density at radius 1 is 1.12 bits per heavy atom. The van der Waals surface area contributed by atoms with E-state index in [9.17, 15) is 0 Å². The number of aliphatic carboxylic acids is 2. The van der Waals surface area contributed by atoms with Gasteiger partial charge in [-0.1, -0.05) is 0 Å². The van der Waals surface area contributed by atoms with Crippen molar-refractivity contribution in [2.75, 3.05) is 0 Å². The number of hydrogen-bond acceptors (Lipinski definition) is 2. The molecule has 4 nitrogen and oxygen atoms in total. The van der Waals surface area contributed by atoms with Crippen LogP contribution in [0.5, 0.6) is 0 Å². The van der Waals surface area contributed by atoms with E-state index in [1.165, 1.54) is 0 Å². The molecule has 2 N–H and O–H groups in total. The van der Waals surface area contributed by atoms with Crippen molar-refractivity contribution in [2.24, 2.45) is 0 Å². The normalized spacial score (nSPS) is 6.38. The third kappa shape index (κ3) is 9.31. The van der Waals surface area contributed by atoms with E-state index in [1.54, 1.807) is 0 Å². The van der Waals surface area contributed by atoms with Gasteiger partial charge in [0.1, 0.15) is 0 Å². The van der Waals surface area contributed by atoms with Crippen molar-refractivity contribution in [1.29, 1.82) is 0 Å². The quantitative estimate of drug-likeness (QED) is 0.449. The van der Waals surface area contributed by atoms with E-state index >= 15 is 0 Å². The molecule has 0 unspecified atom stereocenters. The number of carboxylic acids is 2. The fraction of sp³-hybridized carbons (Fsp3) is 0. The van der Waals surface area contributed by atoms with E-state index in [-0.39, 0.29) is 0 Å². The number of rotatable bonds is 0. The van der Waals surface area contributed by atoms with Crippen LogP contribution in [0.1, 0.15) is 0 Å². The van der Waals surface area contributed by atoms with E-state index in [4.69, 9.17) is 19.8 Å². The minimum atomic E-state index is -1.82. The van der Waals surface area contributed by atoms with Gasteiger partial charge in [0, 0.05) is 0 Å². The molecule has 0 radical (unpaired) electrons. The molecular weight excluding hydrogens is 230 g/mol. The molecule has 8 heavy (non-hydrogen) atoms. The average molecular weight is 232 g/mol. The molecule has 0 rings (SSSR count). The standard InChI is InChI=1S/C2H2O4.ClH.Pd/c3-1(4)2(5)6;;/h(H,3,4)(H,5,6);1H;/q;;+1/p-1. The van der Waals surface area contributed by atoms with Crippen LogP contribution in [0.3, 0.4) is 0 Å². The second-order valence-corrected chi connectivity index (χ2v) is 0.610. The van der Waals surface area contributed by atoms with Gasteiger partial charge in [-0.05, 0) is 0 Å². The molecule has 51 valence electrons. The van der Waals surface area contributed by atoms with Crippen molar-refractivity contribution in [3.63, 3.8) is 0 Å². The van der Waals surface area contributed by atoms with Crippen LogP contribution in [-0.4, -0.2) is 22.2 Å². The van der Waals surface area contributed by atoms with Gasteiger partial charge in [-0.2, -0.15) is 0 Å². The van der Waals surface area contributed by atoms with Gasteiger partial charge in [0.25, 0.3) is 0 Å². The molecule has 0 saturated heterocycles. The fourth-order valence-electron chi connectivity index (χ4n) is 0. The van der Waals surface area contributed by atoms with Crippen LogP contribution in [-0.2, 0) is 27.8 Å². The molecule has 0 amide bonds. The third-order valence-electron chi connectivity index (χ3n) is 0.183. The van der Waals surface area contributed by atoms with Crippen molar-refractivity contribution in [3.8, 4) is 0 Å². The van der Waals surface area contributed by atoms with Gasteiger partial charge in [0.05, 0.1) is 0 Å². The molecule has 0 atom stereocenters. The predicted octanol–water partition coefficient (Wildman–Crippen LogP) is -0.157. The third-order valence-corrected chi connectivity index (χ3v) is 0.183. The Bertz CT molecular complexity index is 80.0. The average Bonchev–Trinajstić information content (AvgIpc) is 1.72. The summed E-state index contributed by atoms with van der Waals surface area (Å²) < 4.78 is 0. The Morgan fingerprint density at radius 3 is 1.25 bits per heavy atom. The van der Waals surface area contributed by atoms with Crippen LogP contribution in [0.4, 0.5) is 0 Å². The summed E-state index contributed by atoms with van der Waals surface area (Å²) >= 11 is 2.22. The Kier molecular flexibility index (Phi) is 9.30. The summed E-state index contributed by atoms with van der Waals surface area (Å²) in [6, 6.07) is 0. The molecule has 0 aliphatic rings. The maximum atomic E-state index is 9.10. The van der Waals surface area contributed by atoms with E-state index < -0.39 is 11.9 Å². The van der Waals surface area contributed by atoms with Crippen molar-refractivity contribution < 1.29 is 38.0 Å². The van der Waals surface area contributed by atoms with Crippen molar-refractivity contribution >= 4 is 21.5 Å². The second kappa shape index (κ2) is 6.89. The van der Waals surface area contributed by atoms with E-state index in [0.29, 0.717) is 0 Å². The second-order valence-electron chi connectivity index (χ2n) is 0.610. The number of halogens is 1. The molecule has 0 aromatic carbocycles. The van der Waals surface area contributed by atoms with Gasteiger partial charge in [-0.25, -0.2) is 9.59 Å². The van der Waals surface area contributed by atoms with Gasteiger partial charge in [-0.15, -0.1) is 0 Å². The first kappa shape index (κ1) is 10.8. The molecule has 6 heteroatoms. The van der Waals surface area contributed by atoms with Crippen LogP contribution in [0, 0.1) is 0 Å². The monoisotopic (exact) mass is 231 g/mol. The molecular formula is C2H2ClO4Pd. The maximum absolute atomic E-state index is 9.10. The van der Waals surface area contributed by atoms with Crippen molar-refractivity contribution in [2.45, 2.75) is 0 Å². The first-order valence-corrected chi connectivity index (χ1v) is 3.23. The molecule has 0 aromatic rings. The molecule has 0 aromatic heterocycles. The topological polar surface area (TPSA) is 74.6 Å². The van der Waals surface area contributed by atoms with Gasteiger partial charge >= 0.3 is 39.6 Å². The summed E-state index contributed by atoms with van der Waals surface area (Å²) in [6.45, 7) is 0. The Hall–Kier alpha value is -0.108. The Labute approximate surface area is 59.8 Å². The molecule has 0 bridgehead atoms. The minimum absolute atomic E-state index is 1.82. The van der Waals surface area contributed by atoms with Crippen molar-refractivity contribution in [1.82, 2.24) is 0 Å². The zero-order valence-corrected chi connectivity index (χ0v) is 5.72. The SMILES string of the molecule is O=C(O)C(=O)O.[Cl][Pd]. The summed E-state index contributed by atoms with van der Waals surface area (Å²) in [4.78, 5) is 18.2. The molecule has 0 aliphatic carbocycles. The van der Waals surface area contributed by atoms with Crippen LogP contribution in [0.15, 0.2) is 0 Å². The zero-order chi connectivity index (χ0) is 7.15. The summed E-state index contributed by atoms with van der Waals surface area (Å²) in [6.07, 6.45) is 0. The van der Waals surface area contributed by atoms with Crippen LogP contribution in [0.25, 0.3) is 0 Å². The summed E-state index contributed by atoms with van der Waals surface area (Å²) in [5.74, 6) is -3.65. The van der Waals surface area contributed by atoms with E-state index in [2.05, 4.69) is 27.7 Å². The summed E-state index contributed by atoms with van der Waals surface area (Å²) in [7, 11) is 4.49. The van der Waals surface area contributed by atoms with Gasteiger partial charge < -0.3 is 10.2 Å². The Morgan fingerprint density at radius 2 is 1.25 bits per heavy atom. The number of hydrogen-bond donors (Lipinski definition) is 2. The molecule has 0 saturated carbocycles. The Balaban J connectivity index is 0. The first-order chi connectivity index (χ1) is 3.64. The van der Waals surface area contributed by atoms with Gasteiger partial charge in [-0.3, -0.25) is 0 Å². The first-order valence-electron chi connectivity index (χ1n) is 1.22. The van der Waals surface area contributed by atoms with E-state index in [1.807, 2.05) is 0 Å². The zero-order valence-electron chi connectivity index (χ0n) is 3.41. The molecule has 0 aliphatic heterocycles. The van der Waals surface area contributed by atoms with Crippen LogP contribution >= 0.6 is 9.53 Å². The van der Waals surface area contributed by atoms with Crippen molar-refractivity contribution in [3.05, 3.63) is 0 Å². The summed E-state index contributed by atoms with van der Waals surface area (Å²) in [5.41, 5.74) is 0. The molecule has 0 spiro atoms. The number of carboxylic acid groups (broad SMARTS) is 2. The summed E-state index contributed by atoms with van der Waals surface area (Å²) in [5, 5.41) is 14.8. The van der Waals surface area contributed by atoms with Crippen LogP contribution in [0.2, 0.25) is 0 Å². The number of carbonyl (C=O) groups is 2. The molecule has 0 heterocycles. The van der Waals surface area contributed by atoms with Crippen LogP contribution < -0.4 is 0 Å². The predicted molar refractivity (Wildman–Crippen MR) is 21.1 cm³/mol. The fourth-order valence-corrected chi connectivity index (χ4v) is 0. The van der Waals surface area contributed by atoms with E-state index in [0.717, 1.165) is 0 Å².